The molecule has 0 radical (unpaired) electrons. The van der Waals surface area contributed by atoms with E-state index in [4.69, 9.17) is 9.15 Å². The van der Waals surface area contributed by atoms with Crippen LogP contribution in [0.2, 0.25) is 0 Å². The minimum absolute atomic E-state index is 0.106. The maximum absolute atomic E-state index is 12.5. The summed E-state index contributed by atoms with van der Waals surface area (Å²) in [5, 5.41) is 5.90. The zero-order valence-corrected chi connectivity index (χ0v) is 16.6. The van der Waals surface area contributed by atoms with Gasteiger partial charge in [0.15, 0.2) is 0 Å². The minimum Gasteiger partial charge on any atom is -0.495 e. The molecule has 7 nitrogen and oxygen atoms in total. The van der Waals surface area contributed by atoms with Crippen LogP contribution in [-0.2, 0) is 0 Å². The highest BCUT2D eigenvalue weighted by atomic mass is 16.5. The van der Waals surface area contributed by atoms with E-state index in [-0.39, 0.29) is 11.9 Å². The summed E-state index contributed by atoms with van der Waals surface area (Å²) < 4.78 is 10.7. The first-order valence-corrected chi connectivity index (χ1v) is 9.52. The van der Waals surface area contributed by atoms with E-state index in [9.17, 15) is 9.59 Å². The third-order valence-electron chi connectivity index (χ3n) is 5.09. The van der Waals surface area contributed by atoms with E-state index < -0.39 is 0 Å². The van der Waals surface area contributed by atoms with Gasteiger partial charge < -0.3 is 24.7 Å². The van der Waals surface area contributed by atoms with E-state index in [0.717, 1.165) is 18.6 Å². The number of amides is 3. The summed E-state index contributed by atoms with van der Waals surface area (Å²) in [6.45, 7) is 5.54. The Bertz CT molecular complexity index is 838. The monoisotopic (exact) mass is 385 g/mol. The first kappa shape index (κ1) is 19.8. The van der Waals surface area contributed by atoms with Crippen molar-refractivity contribution in [3.05, 3.63) is 47.4 Å². The lowest BCUT2D eigenvalue weighted by Crippen LogP contribution is -2.43. The third-order valence-corrected chi connectivity index (χ3v) is 5.09. The predicted molar refractivity (Wildman–Crippen MR) is 107 cm³/mol. The zero-order chi connectivity index (χ0) is 20.1. The van der Waals surface area contributed by atoms with Crippen molar-refractivity contribution < 1.29 is 18.7 Å². The van der Waals surface area contributed by atoms with Crippen molar-refractivity contribution >= 4 is 17.6 Å². The van der Waals surface area contributed by atoms with Crippen LogP contribution in [0.4, 0.5) is 10.5 Å². The van der Waals surface area contributed by atoms with Gasteiger partial charge in [-0.2, -0.15) is 0 Å². The first-order valence-electron chi connectivity index (χ1n) is 9.52. The predicted octanol–water partition coefficient (Wildman–Crippen LogP) is 3.58. The van der Waals surface area contributed by atoms with Crippen molar-refractivity contribution in [3.8, 4) is 5.75 Å². The number of anilines is 1. The fourth-order valence-corrected chi connectivity index (χ4v) is 3.47. The number of urea groups is 1. The molecule has 2 heterocycles. The molecule has 2 N–H and O–H groups in total. The first-order chi connectivity index (χ1) is 13.5. The maximum atomic E-state index is 12.5. The topological polar surface area (TPSA) is 83.8 Å². The summed E-state index contributed by atoms with van der Waals surface area (Å²) in [6, 6.07) is 8.98. The number of rotatable bonds is 5. The van der Waals surface area contributed by atoms with E-state index in [1.807, 2.05) is 31.2 Å². The van der Waals surface area contributed by atoms with Crippen LogP contribution in [0.15, 0.2) is 34.7 Å². The average molecular weight is 385 g/mol. The van der Waals surface area contributed by atoms with Gasteiger partial charge >= 0.3 is 6.03 Å². The number of piperidine rings is 1. The molecule has 7 heteroatoms. The maximum Gasteiger partial charge on any atom is 0.321 e. The van der Waals surface area contributed by atoms with Gasteiger partial charge in [0.1, 0.15) is 17.3 Å². The second-order valence-corrected chi connectivity index (χ2v) is 7.10. The fraction of sp³-hybridized carbons (Fsp3) is 0.429. The lowest BCUT2D eigenvalue weighted by molar-refractivity contribution is 0.0937. The Morgan fingerprint density at radius 2 is 1.93 bits per heavy atom. The van der Waals surface area contributed by atoms with Crippen molar-refractivity contribution in [2.24, 2.45) is 5.92 Å². The molecule has 28 heavy (non-hydrogen) atoms. The molecule has 1 aromatic heterocycles. The number of benzene rings is 1. The molecule has 3 rings (SSSR count). The molecule has 0 atom stereocenters. The number of likely N-dealkylation sites (tertiary alicyclic amines) is 1. The summed E-state index contributed by atoms with van der Waals surface area (Å²) in [7, 11) is 1.58. The van der Waals surface area contributed by atoms with Crippen molar-refractivity contribution in [2.75, 3.05) is 32.1 Å². The lowest BCUT2D eigenvalue weighted by atomic mass is 9.97. The van der Waals surface area contributed by atoms with Crippen molar-refractivity contribution in [3.63, 3.8) is 0 Å². The summed E-state index contributed by atoms with van der Waals surface area (Å²) in [5.41, 5.74) is 1.25. The van der Waals surface area contributed by atoms with Crippen LogP contribution < -0.4 is 15.4 Å². The van der Waals surface area contributed by atoms with Crippen LogP contribution in [-0.4, -0.2) is 43.6 Å². The SMILES string of the molecule is COc1ccccc1NC(=O)N1CCC(CNC(=O)c2cc(C)oc2C)CC1. The molecule has 150 valence electrons. The van der Waals surface area contributed by atoms with Crippen molar-refractivity contribution in [2.45, 2.75) is 26.7 Å². The highest BCUT2D eigenvalue weighted by Crippen LogP contribution is 2.24. The Hall–Kier alpha value is -2.96. The molecule has 1 aliphatic rings. The minimum atomic E-state index is -0.128. The number of ether oxygens (including phenoxy) is 1. The van der Waals surface area contributed by atoms with Gasteiger partial charge in [0, 0.05) is 19.6 Å². The standard InChI is InChI=1S/C21H27N3O4/c1-14-12-17(15(2)28-14)20(25)22-13-16-8-10-24(11-9-16)21(26)23-18-6-4-5-7-19(18)27-3/h4-7,12,16H,8-11,13H2,1-3H3,(H,22,25)(H,23,26). The van der Waals surface area contributed by atoms with Crippen LogP contribution in [0.25, 0.3) is 0 Å². The van der Waals surface area contributed by atoms with E-state index in [1.165, 1.54) is 0 Å². The van der Waals surface area contributed by atoms with Crippen LogP contribution >= 0.6 is 0 Å². The molecule has 1 aromatic carbocycles. The summed E-state index contributed by atoms with van der Waals surface area (Å²) in [6.07, 6.45) is 1.70. The summed E-state index contributed by atoms with van der Waals surface area (Å²) in [5.74, 6) is 2.26. The molecule has 2 aromatic rings. The number of hydrogen-bond donors (Lipinski definition) is 2. The van der Waals surface area contributed by atoms with E-state index in [2.05, 4.69) is 10.6 Å². The van der Waals surface area contributed by atoms with Gasteiger partial charge in [-0.1, -0.05) is 12.1 Å². The zero-order valence-electron chi connectivity index (χ0n) is 16.6. The van der Waals surface area contributed by atoms with E-state index >= 15 is 0 Å². The molecule has 0 bridgehead atoms. The van der Waals surface area contributed by atoms with Gasteiger partial charge in [-0.15, -0.1) is 0 Å². The highest BCUT2D eigenvalue weighted by molar-refractivity contribution is 5.95. The normalized spacial score (nSPS) is 14.6. The lowest BCUT2D eigenvalue weighted by Gasteiger charge is -2.32. The Morgan fingerprint density at radius 3 is 2.57 bits per heavy atom. The molecular formula is C21H27N3O4. The Morgan fingerprint density at radius 1 is 1.21 bits per heavy atom. The van der Waals surface area contributed by atoms with E-state index in [0.29, 0.717) is 48.3 Å². The molecule has 1 aliphatic heterocycles. The van der Waals surface area contributed by atoms with E-state index in [1.54, 1.807) is 25.0 Å². The van der Waals surface area contributed by atoms with Crippen molar-refractivity contribution in [1.82, 2.24) is 10.2 Å². The Labute approximate surface area is 165 Å². The molecule has 0 saturated carbocycles. The largest absolute Gasteiger partial charge is 0.495 e. The fourth-order valence-electron chi connectivity index (χ4n) is 3.47. The van der Waals surface area contributed by atoms with Crippen LogP contribution in [0.1, 0.15) is 34.7 Å². The molecule has 3 amide bonds. The second-order valence-electron chi connectivity index (χ2n) is 7.10. The average Bonchev–Trinajstić information content (AvgIpc) is 3.05. The second kappa shape index (κ2) is 8.82. The number of carbonyl (C=O) groups is 2. The molecule has 0 spiro atoms. The number of carbonyl (C=O) groups excluding carboxylic acids is 2. The summed E-state index contributed by atoms with van der Waals surface area (Å²) in [4.78, 5) is 26.6. The van der Waals surface area contributed by atoms with Gasteiger partial charge in [-0.05, 0) is 50.8 Å². The number of nitrogens with zero attached hydrogens (tertiary/aromatic N) is 1. The Balaban J connectivity index is 1.46. The molecule has 1 saturated heterocycles. The van der Waals surface area contributed by atoms with Gasteiger partial charge in [0.05, 0.1) is 18.4 Å². The van der Waals surface area contributed by atoms with Crippen LogP contribution in [0.3, 0.4) is 0 Å². The Kier molecular flexibility index (Phi) is 6.23. The van der Waals surface area contributed by atoms with Crippen molar-refractivity contribution in [1.29, 1.82) is 0 Å². The summed E-state index contributed by atoms with van der Waals surface area (Å²) >= 11 is 0. The molecular weight excluding hydrogens is 358 g/mol. The number of nitrogens with one attached hydrogen (secondary N) is 2. The number of aryl methyl sites for hydroxylation is 2. The highest BCUT2D eigenvalue weighted by Gasteiger charge is 2.24. The molecule has 0 unspecified atom stereocenters. The van der Waals surface area contributed by atoms with Gasteiger partial charge in [-0.25, -0.2) is 4.79 Å². The smallest absolute Gasteiger partial charge is 0.321 e. The quantitative estimate of drug-likeness (QED) is 0.824. The number of hydrogen-bond acceptors (Lipinski definition) is 4. The van der Waals surface area contributed by atoms with Crippen LogP contribution in [0.5, 0.6) is 5.75 Å². The van der Waals surface area contributed by atoms with Crippen LogP contribution in [0, 0.1) is 19.8 Å². The number of furan rings is 1. The van der Waals surface area contributed by atoms with Gasteiger partial charge in [0.2, 0.25) is 0 Å². The molecule has 0 aliphatic carbocycles. The van der Waals surface area contributed by atoms with Gasteiger partial charge in [0.25, 0.3) is 5.91 Å². The number of para-hydroxylation sites is 2. The number of methoxy groups -OCH3 is 1. The molecule has 1 fully saturated rings. The third kappa shape index (κ3) is 4.65. The van der Waals surface area contributed by atoms with Gasteiger partial charge in [-0.3, -0.25) is 4.79 Å².